The van der Waals surface area contributed by atoms with E-state index in [0.717, 1.165) is 13.1 Å². The van der Waals surface area contributed by atoms with Crippen molar-refractivity contribution in [1.29, 1.82) is 0 Å². The molecule has 0 amide bonds. The molecule has 6 rings (SSSR count). The Morgan fingerprint density at radius 2 is 1.53 bits per heavy atom. The third kappa shape index (κ3) is 3.29. The van der Waals surface area contributed by atoms with Crippen LogP contribution in [0.1, 0.15) is 39.8 Å². The van der Waals surface area contributed by atoms with Crippen LogP contribution in [0.5, 0.6) is 0 Å². The number of nitrogens with one attached hydrogen (secondary N) is 1. The first-order chi connectivity index (χ1) is 15.9. The van der Waals surface area contributed by atoms with Crippen molar-refractivity contribution in [2.45, 2.75) is 12.0 Å². The van der Waals surface area contributed by atoms with Gasteiger partial charge in [0.15, 0.2) is 0 Å². The molecule has 3 aromatic rings. The minimum absolute atomic E-state index is 0.289. The standard InChI is InChI=1S/C30H26N2/c1-2-10-22(11-3-1)23-17-18-30-27-15-7-5-13-25(27)28(21-32(30)20-23)24-12-4-6-14-26(24)29-16-8-9-19-31-29/h1-18,20,28,30-31H,19,21H2/t28-,30?/m1/s1. The highest BCUT2D eigenvalue weighted by atomic mass is 15.2. The van der Waals surface area contributed by atoms with E-state index in [4.69, 9.17) is 0 Å². The van der Waals surface area contributed by atoms with Gasteiger partial charge in [0, 0.05) is 36.5 Å². The smallest absolute Gasteiger partial charge is 0.0727 e. The second kappa shape index (κ2) is 8.05. The number of hydrogen-bond acceptors (Lipinski definition) is 2. The molecule has 2 heteroatoms. The molecule has 3 aliphatic heterocycles. The molecule has 0 saturated carbocycles. The van der Waals surface area contributed by atoms with Crippen molar-refractivity contribution in [3.8, 4) is 0 Å². The number of fused-ring (bicyclic) bond motifs is 3. The van der Waals surface area contributed by atoms with Crippen LogP contribution < -0.4 is 5.32 Å². The Bertz CT molecular complexity index is 1260. The molecule has 3 heterocycles. The minimum atomic E-state index is 0.289. The number of allylic oxidation sites excluding steroid dienone is 4. The molecule has 3 aliphatic rings. The van der Waals surface area contributed by atoms with Gasteiger partial charge in [-0.25, -0.2) is 0 Å². The van der Waals surface area contributed by atoms with Crippen molar-refractivity contribution in [3.05, 3.63) is 143 Å². The van der Waals surface area contributed by atoms with Gasteiger partial charge in [-0.3, -0.25) is 0 Å². The molecule has 0 fully saturated rings. The maximum Gasteiger partial charge on any atom is 0.0727 e. The second-order valence-corrected chi connectivity index (χ2v) is 8.61. The zero-order chi connectivity index (χ0) is 21.3. The van der Waals surface area contributed by atoms with Crippen LogP contribution >= 0.6 is 0 Å². The number of nitrogens with zero attached hydrogens (tertiary/aromatic N) is 1. The lowest BCUT2D eigenvalue weighted by atomic mass is 9.78. The lowest BCUT2D eigenvalue weighted by Gasteiger charge is -2.42. The van der Waals surface area contributed by atoms with Gasteiger partial charge in [-0.2, -0.15) is 0 Å². The van der Waals surface area contributed by atoms with E-state index in [1.165, 1.54) is 39.1 Å². The first kappa shape index (κ1) is 18.9. The Hall–Kier alpha value is -3.78. The number of dihydropyridines is 1. The summed E-state index contributed by atoms with van der Waals surface area (Å²) in [6.45, 7) is 1.84. The van der Waals surface area contributed by atoms with E-state index in [9.17, 15) is 0 Å². The van der Waals surface area contributed by atoms with Crippen molar-refractivity contribution in [3.63, 3.8) is 0 Å². The first-order valence-corrected chi connectivity index (χ1v) is 11.4. The quantitative estimate of drug-likeness (QED) is 0.542. The molecule has 1 unspecified atom stereocenters. The summed E-state index contributed by atoms with van der Waals surface area (Å²) in [5.41, 5.74) is 9.28. The van der Waals surface area contributed by atoms with Gasteiger partial charge in [-0.15, -0.1) is 0 Å². The van der Waals surface area contributed by atoms with Gasteiger partial charge in [-0.05, 0) is 33.9 Å². The lowest BCUT2D eigenvalue weighted by Crippen LogP contribution is -2.35. The van der Waals surface area contributed by atoms with Gasteiger partial charge in [-0.1, -0.05) is 103 Å². The normalized spacial score (nSPS) is 21.2. The summed E-state index contributed by atoms with van der Waals surface area (Å²) in [4.78, 5) is 2.52. The molecule has 0 saturated heterocycles. The predicted octanol–water partition coefficient (Wildman–Crippen LogP) is 6.29. The van der Waals surface area contributed by atoms with Crippen LogP contribution in [-0.2, 0) is 0 Å². The molecular formula is C30H26N2. The number of rotatable bonds is 3. The average Bonchev–Trinajstić information content (AvgIpc) is 2.89. The highest BCUT2D eigenvalue weighted by Crippen LogP contribution is 2.44. The molecule has 0 aliphatic carbocycles. The van der Waals surface area contributed by atoms with Crippen molar-refractivity contribution in [1.82, 2.24) is 10.2 Å². The molecule has 0 spiro atoms. The molecule has 2 atom stereocenters. The molecule has 156 valence electrons. The third-order valence-corrected chi connectivity index (χ3v) is 6.75. The summed E-state index contributed by atoms with van der Waals surface area (Å²) in [6, 6.07) is 28.8. The fourth-order valence-electron chi connectivity index (χ4n) is 5.22. The van der Waals surface area contributed by atoms with Gasteiger partial charge in [0.25, 0.3) is 0 Å². The van der Waals surface area contributed by atoms with Crippen LogP contribution in [0.4, 0.5) is 0 Å². The first-order valence-electron chi connectivity index (χ1n) is 11.4. The van der Waals surface area contributed by atoms with Crippen molar-refractivity contribution >= 4 is 11.3 Å². The van der Waals surface area contributed by atoms with Crippen LogP contribution in [-0.4, -0.2) is 18.0 Å². The maximum absolute atomic E-state index is 3.56. The zero-order valence-corrected chi connectivity index (χ0v) is 18.0. The van der Waals surface area contributed by atoms with E-state index in [1.807, 2.05) is 0 Å². The van der Waals surface area contributed by atoms with Crippen molar-refractivity contribution in [2.75, 3.05) is 13.1 Å². The second-order valence-electron chi connectivity index (χ2n) is 8.61. The maximum atomic E-state index is 3.56. The van der Waals surface area contributed by atoms with E-state index in [2.05, 4.69) is 126 Å². The highest BCUT2D eigenvalue weighted by molar-refractivity contribution is 5.75. The van der Waals surface area contributed by atoms with E-state index in [1.54, 1.807) is 0 Å². The van der Waals surface area contributed by atoms with Crippen LogP contribution in [0.3, 0.4) is 0 Å². The van der Waals surface area contributed by atoms with E-state index >= 15 is 0 Å². The molecular weight excluding hydrogens is 388 g/mol. The lowest BCUT2D eigenvalue weighted by molar-refractivity contribution is 0.289. The average molecular weight is 415 g/mol. The van der Waals surface area contributed by atoms with Crippen LogP contribution in [0.15, 0.2) is 115 Å². The van der Waals surface area contributed by atoms with E-state index in [0.29, 0.717) is 5.92 Å². The van der Waals surface area contributed by atoms with Gasteiger partial charge >= 0.3 is 0 Å². The SMILES string of the molecule is C1=CCNC(c2ccccc2[C@H]2CN3C=C(c4ccccc4)C=CC3c3ccccc32)=C1. The Morgan fingerprint density at radius 1 is 0.781 bits per heavy atom. The van der Waals surface area contributed by atoms with Gasteiger partial charge in [0.05, 0.1) is 6.04 Å². The molecule has 0 radical (unpaired) electrons. The van der Waals surface area contributed by atoms with Crippen molar-refractivity contribution in [2.24, 2.45) is 0 Å². The fourth-order valence-corrected chi connectivity index (χ4v) is 5.22. The molecule has 2 nitrogen and oxygen atoms in total. The third-order valence-electron chi connectivity index (χ3n) is 6.75. The van der Waals surface area contributed by atoms with Crippen LogP contribution in [0.25, 0.3) is 11.3 Å². The summed E-state index contributed by atoms with van der Waals surface area (Å²) < 4.78 is 0. The van der Waals surface area contributed by atoms with Gasteiger partial charge in [0.2, 0.25) is 0 Å². The Morgan fingerprint density at radius 3 is 2.34 bits per heavy atom. The Kier molecular flexibility index (Phi) is 4.77. The molecule has 32 heavy (non-hydrogen) atoms. The topological polar surface area (TPSA) is 15.3 Å². The number of hydrogen-bond donors (Lipinski definition) is 1. The fraction of sp³-hybridized carbons (Fsp3) is 0.133. The van der Waals surface area contributed by atoms with E-state index < -0.39 is 0 Å². The molecule has 1 N–H and O–H groups in total. The molecule has 3 aromatic carbocycles. The number of benzene rings is 3. The Balaban J connectivity index is 1.45. The summed E-state index contributed by atoms with van der Waals surface area (Å²) >= 11 is 0. The van der Waals surface area contributed by atoms with Crippen molar-refractivity contribution < 1.29 is 0 Å². The Labute approximate surface area is 189 Å². The van der Waals surface area contributed by atoms with E-state index in [-0.39, 0.29) is 6.04 Å². The molecule has 0 aromatic heterocycles. The summed E-state index contributed by atoms with van der Waals surface area (Å²) in [6.07, 6.45) is 13.5. The monoisotopic (exact) mass is 414 g/mol. The summed E-state index contributed by atoms with van der Waals surface area (Å²) in [5.74, 6) is 0.312. The summed E-state index contributed by atoms with van der Waals surface area (Å²) in [7, 11) is 0. The summed E-state index contributed by atoms with van der Waals surface area (Å²) in [5, 5.41) is 3.56. The zero-order valence-electron chi connectivity index (χ0n) is 18.0. The van der Waals surface area contributed by atoms with Gasteiger partial charge < -0.3 is 10.2 Å². The highest BCUT2D eigenvalue weighted by Gasteiger charge is 2.33. The van der Waals surface area contributed by atoms with Crippen LogP contribution in [0.2, 0.25) is 0 Å². The predicted molar refractivity (Wildman–Crippen MR) is 133 cm³/mol. The minimum Gasteiger partial charge on any atom is -0.381 e. The van der Waals surface area contributed by atoms with Gasteiger partial charge in [0.1, 0.15) is 0 Å². The molecule has 0 bridgehead atoms. The largest absolute Gasteiger partial charge is 0.381 e. The van der Waals surface area contributed by atoms with Crippen LogP contribution in [0, 0.1) is 0 Å².